The third-order valence-electron chi connectivity index (χ3n) is 6.00. The lowest BCUT2D eigenvalue weighted by Crippen LogP contribution is -2.39. The van der Waals surface area contributed by atoms with Crippen molar-refractivity contribution < 1.29 is 19.1 Å². The van der Waals surface area contributed by atoms with Crippen LogP contribution in [-0.4, -0.2) is 52.4 Å². The van der Waals surface area contributed by atoms with Crippen molar-refractivity contribution in [3.05, 3.63) is 29.3 Å². The van der Waals surface area contributed by atoms with Gasteiger partial charge in [-0.25, -0.2) is 0 Å². The number of carbonyl (C=O) groups is 3. The predicted molar refractivity (Wildman–Crippen MR) is 115 cm³/mol. The summed E-state index contributed by atoms with van der Waals surface area (Å²) in [6.45, 7) is 7.75. The summed E-state index contributed by atoms with van der Waals surface area (Å²) in [7, 11) is 0. The van der Waals surface area contributed by atoms with E-state index in [4.69, 9.17) is 4.74 Å². The molecule has 4 rings (SSSR count). The van der Waals surface area contributed by atoms with Crippen LogP contribution in [0.3, 0.4) is 0 Å². The fourth-order valence-corrected chi connectivity index (χ4v) is 5.24. The van der Waals surface area contributed by atoms with Crippen LogP contribution in [0.4, 0.5) is 4.79 Å². The second-order valence-corrected chi connectivity index (χ2v) is 10.2. The lowest BCUT2D eigenvalue weighted by molar-refractivity contribution is -0.125. The summed E-state index contributed by atoms with van der Waals surface area (Å²) >= 11 is 0.895. The number of likely N-dealkylation sites (tertiary alicyclic amines) is 1. The van der Waals surface area contributed by atoms with Crippen LogP contribution in [0, 0.1) is 5.92 Å². The van der Waals surface area contributed by atoms with Crippen LogP contribution in [0.2, 0.25) is 0 Å². The van der Waals surface area contributed by atoms with Crippen LogP contribution in [0.25, 0.3) is 0 Å². The second kappa shape index (κ2) is 8.59. The first kappa shape index (κ1) is 21.2. The third-order valence-corrected chi connectivity index (χ3v) is 6.98. The Hall–Kier alpha value is -2.06. The highest BCUT2D eigenvalue weighted by Gasteiger charge is 2.34. The number of imide groups is 1. The maximum Gasteiger partial charge on any atom is 0.286 e. The Kier molecular flexibility index (Phi) is 6.06. The molecule has 3 aliphatic rings. The van der Waals surface area contributed by atoms with Gasteiger partial charge in [-0.05, 0) is 51.3 Å². The van der Waals surface area contributed by atoms with Crippen molar-refractivity contribution in [2.24, 2.45) is 5.92 Å². The summed E-state index contributed by atoms with van der Waals surface area (Å²) < 4.78 is 6.20. The summed E-state index contributed by atoms with van der Waals surface area (Å²) in [5.74, 6) is 0.963. The van der Waals surface area contributed by atoms with Gasteiger partial charge in [0.15, 0.2) is 0 Å². The van der Waals surface area contributed by atoms with Crippen molar-refractivity contribution >= 4 is 28.8 Å². The van der Waals surface area contributed by atoms with Crippen molar-refractivity contribution in [1.82, 2.24) is 15.5 Å². The molecular weight excluding hydrogens is 402 g/mol. The van der Waals surface area contributed by atoms with E-state index in [0.717, 1.165) is 56.4 Å². The van der Waals surface area contributed by atoms with Crippen molar-refractivity contribution in [2.45, 2.75) is 56.9 Å². The van der Waals surface area contributed by atoms with E-state index in [-0.39, 0.29) is 29.1 Å². The molecule has 2 saturated heterocycles. The molecule has 8 heteroatoms. The predicted octanol–water partition coefficient (Wildman–Crippen LogP) is 2.47. The molecule has 3 aliphatic heterocycles. The van der Waals surface area contributed by atoms with Crippen LogP contribution in [0.5, 0.6) is 5.75 Å². The molecule has 0 spiro atoms. The monoisotopic (exact) mass is 431 g/mol. The van der Waals surface area contributed by atoms with Crippen LogP contribution >= 0.6 is 11.8 Å². The van der Waals surface area contributed by atoms with E-state index in [9.17, 15) is 14.4 Å². The largest absolute Gasteiger partial charge is 0.487 e. The number of ether oxygens (including phenoxy) is 1. The fourth-order valence-electron chi connectivity index (χ4n) is 4.42. The molecule has 2 N–H and O–H groups in total. The number of nitrogens with zero attached hydrogens (tertiary/aromatic N) is 1. The number of hydrogen-bond acceptors (Lipinski definition) is 6. The minimum absolute atomic E-state index is 0.0521. The van der Waals surface area contributed by atoms with Gasteiger partial charge < -0.3 is 10.1 Å². The maximum absolute atomic E-state index is 12.1. The number of fused-ring (bicyclic) bond motifs is 1. The van der Waals surface area contributed by atoms with E-state index in [1.165, 1.54) is 11.1 Å². The lowest BCUT2D eigenvalue weighted by Gasteiger charge is -2.32. The van der Waals surface area contributed by atoms with Gasteiger partial charge in [0.05, 0.1) is 0 Å². The molecule has 1 aromatic carbocycles. The number of hydrogen-bond donors (Lipinski definition) is 2. The van der Waals surface area contributed by atoms with Crippen molar-refractivity contribution in [1.29, 1.82) is 0 Å². The summed E-state index contributed by atoms with van der Waals surface area (Å²) in [6, 6.07) is 6.44. The molecule has 1 atom stereocenters. The Morgan fingerprint density at radius 1 is 1.30 bits per heavy atom. The Bertz CT molecular complexity index is 849. The van der Waals surface area contributed by atoms with Gasteiger partial charge in [-0.15, -0.1) is 0 Å². The van der Waals surface area contributed by atoms with Gasteiger partial charge in [-0.3, -0.25) is 24.6 Å². The van der Waals surface area contributed by atoms with Crippen LogP contribution < -0.4 is 15.4 Å². The number of amides is 3. The van der Waals surface area contributed by atoms with Gasteiger partial charge in [-0.2, -0.15) is 0 Å². The number of nitrogens with one attached hydrogen (secondary N) is 2. The zero-order valence-electron chi connectivity index (χ0n) is 17.5. The summed E-state index contributed by atoms with van der Waals surface area (Å²) in [4.78, 5) is 37.3. The van der Waals surface area contributed by atoms with E-state index >= 15 is 0 Å². The Balaban J connectivity index is 1.21. The molecule has 0 saturated carbocycles. The average molecular weight is 432 g/mol. The number of carbonyl (C=O) groups excluding carboxylic acids is 3. The Morgan fingerprint density at radius 2 is 2.07 bits per heavy atom. The summed E-state index contributed by atoms with van der Waals surface area (Å²) in [5.41, 5.74) is 2.42. The molecule has 7 nitrogen and oxygen atoms in total. The van der Waals surface area contributed by atoms with Gasteiger partial charge in [0, 0.05) is 31.5 Å². The molecule has 2 fully saturated rings. The zero-order chi connectivity index (χ0) is 21.3. The van der Waals surface area contributed by atoms with Crippen LogP contribution in [-0.2, 0) is 22.6 Å². The summed E-state index contributed by atoms with van der Waals surface area (Å²) in [5, 5.41) is 4.18. The van der Waals surface area contributed by atoms with Gasteiger partial charge in [0.25, 0.3) is 5.24 Å². The minimum atomic E-state index is -0.598. The van der Waals surface area contributed by atoms with Gasteiger partial charge in [0.2, 0.25) is 11.8 Å². The molecule has 0 aliphatic carbocycles. The smallest absolute Gasteiger partial charge is 0.286 e. The molecule has 30 heavy (non-hydrogen) atoms. The third kappa shape index (κ3) is 4.98. The lowest BCUT2D eigenvalue weighted by atomic mass is 9.96. The topological polar surface area (TPSA) is 87.7 Å². The fraction of sp³-hybridized carbons (Fsp3) is 0.591. The van der Waals surface area contributed by atoms with E-state index in [2.05, 4.69) is 47.6 Å². The molecule has 162 valence electrons. The SMILES string of the molecule is CC1(C)Cc2cccc(CN3CCC(CNC(=O)CC4SC(=O)NC4=O)CC3)c2O1. The average Bonchev–Trinajstić information content (AvgIpc) is 3.18. The maximum atomic E-state index is 12.1. The van der Waals surface area contributed by atoms with Crippen molar-refractivity contribution in [3.63, 3.8) is 0 Å². The standard InChI is InChI=1S/C22H29N3O4S/c1-22(2)11-15-4-3-5-16(19(15)29-22)13-25-8-6-14(7-9-25)12-23-18(26)10-17-20(27)24-21(28)30-17/h3-5,14,17H,6-13H2,1-2H3,(H,23,26)(H,24,27,28). The Morgan fingerprint density at radius 3 is 2.77 bits per heavy atom. The molecule has 3 heterocycles. The van der Waals surface area contributed by atoms with Crippen LogP contribution in [0.1, 0.15) is 44.2 Å². The summed E-state index contributed by atoms with van der Waals surface area (Å²) in [6.07, 6.45) is 3.06. The number of thioether (sulfide) groups is 1. The number of rotatable bonds is 6. The van der Waals surface area contributed by atoms with E-state index < -0.39 is 5.25 Å². The normalized spacial score (nSPS) is 23.7. The first-order valence-electron chi connectivity index (χ1n) is 10.6. The highest BCUT2D eigenvalue weighted by Crippen LogP contribution is 2.38. The number of piperidine rings is 1. The number of benzene rings is 1. The zero-order valence-corrected chi connectivity index (χ0v) is 18.3. The second-order valence-electron chi connectivity index (χ2n) is 9.05. The molecule has 1 unspecified atom stereocenters. The first-order valence-corrected chi connectivity index (χ1v) is 11.5. The Labute approximate surface area is 181 Å². The highest BCUT2D eigenvalue weighted by atomic mass is 32.2. The van der Waals surface area contributed by atoms with Crippen molar-refractivity contribution in [2.75, 3.05) is 19.6 Å². The number of para-hydroxylation sites is 1. The molecule has 3 amide bonds. The van der Waals surface area contributed by atoms with E-state index in [1.807, 2.05) is 0 Å². The van der Waals surface area contributed by atoms with E-state index in [0.29, 0.717) is 12.5 Å². The molecular formula is C22H29N3O4S. The van der Waals surface area contributed by atoms with E-state index in [1.54, 1.807) is 0 Å². The van der Waals surface area contributed by atoms with Gasteiger partial charge in [-0.1, -0.05) is 30.0 Å². The molecule has 0 aromatic heterocycles. The highest BCUT2D eigenvalue weighted by molar-refractivity contribution is 8.15. The molecule has 1 aromatic rings. The van der Waals surface area contributed by atoms with Gasteiger partial charge >= 0.3 is 0 Å². The van der Waals surface area contributed by atoms with Crippen LogP contribution in [0.15, 0.2) is 18.2 Å². The minimum Gasteiger partial charge on any atom is -0.487 e. The molecule has 0 bridgehead atoms. The first-order chi connectivity index (χ1) is 14.3. The van der Waals surface area contributed by atoms with Crippen molar-refractivity contribution in [3.8, 4) is 5.75 Å². The molecule has 0 radical (unpaired) electrons. The van der Waals surface area contributed by atoms with Gasteiger partial charge in [0.1, 0.15) is 16.6 Å². The quantitative estimate of drug-likeness (QED) is 0.720.